The average molecular weight is 304 g/mol. The van der Waals surface area contributed by atoms with E-state index < -0.39 is 14.9 Å². The zero-order chi connectivity index (χ0) is 15.2. The van der Waals surface area contributed by atoms with Gasteiger partial charge in [0.1, 0.15) is 0 Å². The Balaban J connectivity index is 2.83. The molecule has 9 heteroatoms. The number of nitrogens with zero attached hydrogens (tertiary/aromatic N) is 1. The molecule has 0 saturated carbocycles. The van der Waals surface area contributed by atoms with Crippen LogP contribution in [0.3, 0.4) is 0 Å². The summed E-state index contributed by atoms with van der Waals surface area (Å²) in [4.78, 5) is 10.0. The molecule has 0 aliphatic carbocycles. The largest absolute Gasteiger partial charge is 0.394 e. The van der Waals surface area contributed by atoms with Gasteiger partial charge in [0.05, 0.1) is 29.6 Å². The van der Waals surface area contributed by atoms with Crippen LogP contribution in [0.15, 0.2) is 23.1 Å². The smallest absolute Gasteiger partial charge is 0.273 e. The zero-order valence-corrected chi connectivity index (χ0v) is 11.7. The van der Waals surface area contributed by atoms with Crippen LogP contribution in [0.1, 0.15) is 5.56 Å². The third-order valence-corrected chi connectivity index (χ3v) is 4.12. The summed E-state index contributed by atoms with van der Waals surface area (Å²) in [7, 11) is -3.83. The number of ether oxygens (including phenoxy) is 1. The van der Waals surface area contributed by atoms with Gasteiger partial charge in [0, 0.05) is 18.2 Å². The number of nitrogens with one attached hydrogen (secondary N) is 1. The highest BCUT2D eigenvalue weighted by atomic mass is 32.2. The van der Waals surface area contributed by atoms with E-state index >= 15 is 0 Å². The molecule has 20 heavy (non-hydrogen) atoms. The van der Waals surface area contributed by atoms with E-state index in [2.05, 4.69) is 4.72 Å². The highest BCUT2D eigenvalue weighted by Gasteiger charge is 2.22. The predicted molar refractivity (Wildman–Crippen MR) is 70.9 cm³/mol. The van der Waals surface area contributed by atoms with Crippen LogP contribution in [0.5, 0.6) is 0 Å². The van der Waals surface area contributed by atoms with Crippen molar-refractivity contribution >= 4 is 15.7 Å². The SMILES string of the molecule is Cc1c([N+](=O)[O-])cccc1S(=O)(=O)NCCOCCO. The molecule has 1 aromatic rings. The zero-order valence-electron chi connectivity index (χ0n) is 10.9. The average Bonchev–Trinajstić information content (AvgIpc) is 2.38. The summed E-state index contributed by atoms with van der Waals surface area (Å²) >= 11 is 0. The first-order valence-electron chi connectivity index (χ1n) is 5.82. The van der Waals surface area contributed by atoms with Crippen LogP contribution in [0.2, 0.25) is 0 Å². The number of nitro groups is 1. The fraction of sp³-hybridized carbons (Fsp3) is 0.455. The third kappa shape index (κ3) is 4.23. The minimum atomic E-state index is -3.83. The normalized spacial score (nSPS) is 11.5. The molecule has 0 fully saturated rings. The maximum absolute atomic E-state index is 12.0. The van der Waals surface area contributed by atoms with E-state index in [-0.39, 0.29) is 42.5 Å². The fourth-order valence-corrected chi connectivity index (χ4v) is 2.86. The Labute approximate surface area is 116 Å². The summed E-state index contributed by atoms with van der Waals surface area (Å²) in [6.45, 7) is 1.49. The number of aliphatic hydroxyl groups is 1. The maximum atomic E-state index is 12.0. The molecule has 0 heterocycles. The lowest BCUT2D eigenvalue weighted by Crippen LogP contribution is -2.28. The Hall–Kier alpha value is -1.55. The number of hydrogen-bond donors (Lipinski definition) is 2. The van der Waals surface area contributed by atoms with Gasteiger partial charge >= 0.3 is 0 Å². The number of hydrogen-bond acceptors (Lipinski definition) is 6. The molecule has 0 radical (unpaired) electrons. The molecular weight excluding hydrogens is 288 g/mol. The van der Waals surface area contributed by atoms with Crippen LogP contribution in [-0.4, -0.2) is 44.8 Å². The Bertz CT molecular complexity index is 572. The van der Waals surface area contributed by atoms with E-state index in [4.69, 9.17) is 9.84 Å². The van der Waals surface area contributed by atoms with Crippen molar-refractivity contribution in [3.63, 3.8) is 0 Å². The van der Waals surface area contributed by atoms with Crippen LogP contribution < -0.4 is 4.72 Å². The van der Waals surface area contributed by atoms with E-state index in [0.717, 1.165) is 0 Å². The minimum Gasteiger partial charge on any atom is -0.394 e. The predicted octanol–water partition coefficient (Wildman–Crippen LogP) is 0.190. The molecule has 0 aliphatic heterocycles. The van der Waals surface area contributed by atoms with Gasteiger partial charge in [-0.1, -0.05) is 6.07 Å². The van der Waals surface area contributed by atoms with Gasteiger partial charge < -0.3 is 9.84 Å². The number of aliphatic hydroxyl groups excluding tert-OH is 1. The number of benzene rings is 1. The Morgan fingerprint density at radius 3 is 2.70 bits per heavy atom. The van der Waals surface area contributed by atoms with Crippen LogP contribution in [0, 0.1) is 17.0 Å². The lowest BCUT2D eigenvalue weighted by molar-refractivity contribution is -0.385. The number of sulfonamides is 1. The molecular formula is C11H16N2O6S. The highest BCUT2D eigenvalue weighted by Crippen LogP contribution is 2.24. The molecule has 0 bridgehead atoms. The molecule has 0 aromatic heterocycles. The second kappa shape index (κ2) is 7.29. The van der Waals surface area contributed by atoms with Gasteiger partial charge in [-0.15, -0.1) is 0 Å². The van der Waals surface area contributed by atoms with Gasteiger partial charge in [-0.3, -0.25) is 10.1 Å². The summed E-state index contributed by atoms with van der Waals surface area (Å²) in [5.74, 6) is 0. The topological polar surface area (TPSA) is 119 Å². The van der Waals surface area contributed by atoms with Gasteiger partial charge in [0.15, 0.2) is 0 Å². The number of rotatable bonds is 8. The first-order valence-corrected chi connectivity index (χ1v) is 7.30. The van der Waals surface area contributed by atoms with Crippen molar-refractivity contribution in [2.45, 2.75) is 11.8 Å². The van der Waals surface area contributed by atoms with Crippen molar-refractivity contribution in [1.82, 2.24) is 4.72 Å². The quantitative estimate of drug-likeness (QED) is 0.402. The van der Waals surface area contributed by atoms with E-state index in [1.54, 1.807) is 0 Å². The Kier molecular flexibility index (Phi) is 6.02. The van der Waals surface area contributed by atoms with Gasteiger partial charge in [-0.05, 0) is 13.0 Å². The highest BCUT2D eigenvalue weighted by molar-refractivity contribution is 7.89. The van der Waals surface area contributed by atoms with Crippen molar-refractivity contribution in [1.29, 1.82) is 0 Å². The van der Waals surface area contributed by atoms with Crippen LogP contribution in [-0.2, 0) is 14.8 Å². The van der Waals surface area contributed by atoms with E-state index in [0.29, 0.717) is 0 Å². The first-order chi connectivity index (χ1) is 9.40. The Morgan fingerprint density at radius 1 is 1.40 bits per heavy atom. The third-order valence-electron chi connectivity index (χ3n) is 2.52. The van der Waals surface area contributed by atoms with Crippen LogP contribution in [0.4, 0.5) is 5.69 Å². The van der Waals surface area contributed by atoms with Crippen molar-refractivity contribution in [3.05, 3.63) is 33.9 Å². The fourth-order valence-electron chi connectivity index (χ4n) is 1.58. The number of nitro benzene ring substituents is 1. The summed E-state index contributed by atoms with van der Waals surface area (Å²) in [6.07, 6.45) is 0. The molecule has 0 unspecified atom stereocenters. The van der Waals surface area contributed by atoms with Crippen molar-refractivity contribution < 1.29 is 23.2 Å². The van der Waals surface area contributed by atoms with Crippen molar-refractivity contribution in [2.75, 3.05) is 26.4 Å². The minimum absolute atomic E-state index is 0.0183. The summed E-state index contributed by atoms with van der Waals surface area (Å²) in [5, 5.41) is 19.3. The summed E-state index contributed by atoms with van der Waals surface area (Å²) in [5.41, 5.74) is -0.161. The molecule has 0 spiro atoms. The second-order valence-corrected chi connectivity index (χ2v) is 5.63. The molecule has 112 valence electrons. The monoisotopic (exact) mass is 304 g/mol. The molecule has 0 aliphatic rings. The maximum Gasteiger partial charge on any atom is 0.273 e. The van der Waals surface area contributed by atoms with Gasteiger partial charge in [-0.25, -0.2) is 13.1 Å². The standard InChI is InChI=1S/C11H16N2O6S/c1-9-10(13(15)16)3-2-4-11(9)20(17,18)12-5-7-19-8-6-14/h2-4,12,14H,5-8H2,1H3. The summed E-state index contributed by atoms with van der Waals surface area (Å²) in [6, 6.07) is 3.87. The van der Waals surface area contributed by atoms with Crippen LogP contribution >= 0.6 is 0 Å². The lowest BCUT2D eigenvalue weighted by Gasteiger charge is -2.09. The molecule has 1 aromatic carbocycles. The Morgan fingerprint density at radius 2 is 2.10 bits per heavy atom. The van der Waals surface area contributed by atoms with Gasteiger partial charge in [0.2, 0.25) is 10.0 Å². The van der Waals surface area contributed by atoms with Crippen LogP contribution in [0.25, 0.3) is 0 Å². The molecule has 0 atom stereocenters. The molecule has 0 saturated heterocycles. The van der Waals surface area contributed by atoms with E-state index in [1.807, 2.05) is 0 Å². The van der Waals surface area contributed by atoms with E-state index in [9.17, 15) is 18.5 Å². The summed E-state index contributed by atoms with van der Waals surface area (Å²) < 4.78 is 31.2. The van der Waals surface area contributed by atoms with Gasteiger partial charge in [0.25, 0.3) is 5.69 Å². The molecule has 2 N–H and O–H groups in total. The van der Waals surface area contributed by atoms with Gasteiger partial charge in [-0.2, -0.15) is 0 Å². The first kappa shape index (κ1) is 16.5. The molecule has 8 nitrogen and oxygen atoms in total. The molecule has 1 rings (SSSR count). The van der Waals surface area contributed by atoms with Crippen molar-refractivity contribution in [2.24, 2.45) is 0 Å². The van der Waals surface area contributed by atoms with Crippen molar-refractivity contribution in [3.8, 4) is 0 Å². The lowest BCUT2D eigenvalue weighted by atomic mass is 10.2. The van der Waals surface area contributed by atoms with E-state index in [1.165, 1.54) is 25.1 Å². The molecule has 0 amide bonds. The second-order valence-electron chi connectivity index (χ2n) is 3.89.